The number of thiophene rings is 1. The number of piperidine rings is 2. The number of nitrogens with zero attached hydrogens (tertiary/aromatic N) is 3. The average Bonchev–Trinajstić information content (AvgIpc) is 3.45. The number of carboxylic acids is 1. The van der Waals surface area contributed by atoms with Crippen molar-refractivity contribution in [1.29, 1.82) is 0 Å². The number of sulfonamides is 2. The number of pyridine rings is 1. The van der Waals surface area contributed by atoms with E-state index in [4.69, 9.17) is 16.3 Å². The second-order valence-corrected chi connectivity index (χ2v) is 20.2. The first-order chi connectivity index (χ1) is 24.2. The molecule has 1 amide bonds. The SMILES string of the molecule is C=CCOC(=O)NCCCCC(NS(=O)(=O)c1ccc(N2CCC(CCCC3CCN(S(=O)(=O)c4sc(Cl)cc4Br)CC3)C(Br)C2)nc1)C(=O)O. The van der Waals surface area contributed by atoms with Crippen LogP contribution in [0.1, 0.15) is 57.8 Å². The fraction of sp³-hybridized carbons (Fsp3) is 0.594. The van der Waals surface area contributed by atoms with Gasteiger partial charge in [-0.05, 0) is 90.9 Å². The van der Waals surface area contributed by atoms with Gasteiger partial charge in [-0.3, -0.25) is 4.79 Å². The van der Waals surface area contributed by atoms with Gasteiger partial charge in [0.15, 0.2) is 4.21 Å². The molecule has 2 aliphatic heterocycles. The minimum Gasteiger partial charge on any atom is -0.480 e. The predicted molar refractivity (Wildman–Crippen MR) is 205 cm³/mol. The number of hydrogen-bond acceptors (Lipinski definition) is 10. The number of rotatable bonds is 18. The number of aromatic nitrogens is 1. The lowest BCUT2D eigenvalue weighted by Crippen LogP contribution is -2.42. The number of anilines is 1. The van der Waals surface area contributed by atoms with Gasteiger partial charge in [0.25, 0.3) is 10.0 Å². The van der Waals surface area contributed by atoms with Crippen LogP contribution in [0.5, 0.6) is 0 Å². The van der Waals surface area contributed by atoms with Gasteiger partial charge in [0.05, 0.1) is 8.81 Å². The van der Waals surface area contributed by atoms with Crippen LogP contribution >= 0.6 is 54.8 Å². The highest BCUT2D eigenvalue weighted by atomic mass is 79.9. The van der Waals surface area contributed by atoms with Gasteiger partial charge in [0.2, 0.25) is 10.0 Å². The summed E-state index contributed by atoms with van der Waals surface area (Å²) in [4.78, 5) is 29.9. The number of ether oxygens (including phenoxy) is 1. The zero-order valence-corrected chi connectivity index (χ0v) is 34.4. The van der Waals surface area contributed by atoms with Gasteiger partial charge in [0, 0.05) is 43.7 Å². The Hall–Kier alpha value is -1.80. The van der Waals surface area contributed by atoms with Crippen LogP contribution in [0.3, 0.4) is 0 Å². The predicted octanol–water partition coefficient (Wildman–Crippen LogP) is 6.23. The van der Waals surface area contributed by atoms with Crippen molar-refractivity contribution in [2.45, 2.75) is 77.8 Å². The van der Waals surface area contributed by atoms with Crippen LogP contribution < -0.4 is 14.9 Å². The van der Waals surface area contributed by atoms with E-state index in [1.165, 1.54) is 18.3 Å². The smallest absolute Gasteiger partial charge is 0.407 e. The lowest BCUT2D eigenvalue weighted by molar-refractivity contribution is -0.139. The van der Waals surface area contributed by atoms with Gasteiger partial charge in [-0.15, -0.1) is 11.3 Å². The summed E-state index contributed by atoms with van der Waals surface area (Å²) in [6, 6.07) is 3.36. The van der Waals surface area contributed by atoms with Gasteiger partial charge < -0.3 is 20.1 Å². The second-order valence-electron chi connectivity index (χ2n) is 12.6. The Kier molecular flexibility index (Phi) is 16.0. The minimum atomic E-state index is -4.14. The van der Waals surface area contributed by atoms with E-state index in [9.17, 15) is 31.5 Å². The number of halogens is 3. The molecule has 0 radical (unpaired) electrons. The molecule has 0 saturated carbocycles. The van der Waals surface area contributed by atoms with Crippen LogP contribution in [-0.4, -0.2) is 93.5 Å². The summed E-state index contributed by atoms with van der Waals surface area (Å²) in [6.07, 6.45) is 8.71. The first-order valence-electron chi connectivity index (χ1n) is 16.8. The van der Waals surface area contributed by atoms with E-state index >= 15 is 0 Å². The van der Waals surface area contributed by atoms with E-state index in [0.717, 1.165) is 56.4 Å². The number of hydrogen-bond donors (Lipinski definition) is 3. The first-order valence-corrected chi connectivity index (χ1v) is 22.6. The van der Waals surface area contributed by atoms with Crippen molar-refractivity contribution in [3.05, 3.63) is 45.9 Å². The largest absolute Gasteiger partial charge is 0.480 e. The second kappa shape index (κ2) is 19.5. The summed E-state index contributed by atoms with van der Waals surface area (Å²) in [5.41, 5.74) is 0. The summed E-state index contributed by atoms with van der Waals surface area (Å²) in [5, 5.41) is 12.1. The van der Waals surface area contributed by atoms with Crippen molar-refractivity contribution >= 4 is 92.7 Å². The summed E-state index contributed by atoms with van der Waals surface area (Å²) in [7, 11) is -7.70. The van der Waals surface area contributed by atoms with E-state index in [2.05, 4.69) is 58.4 Å². The monoisotopic (exact) mass is 915 g/mol. The van der Waals surface area contributed by atoms with Crippen LogP contribution in [0.2, 0.25) is 4.34 Å². The highest BCUT2D eigenvalue weighted by molar-refractivity contribution is 9.10. The fourth-order valence-electron chi connectivity index (χ4n) is 6.27. The maximum atomic E-state index is 13.1. The third-order valence-corrected chi connectivity index (χ3v) is 16.4. The molecule has 2 aromatic heterocycles. The van der Waals surface area contributed by atoms with E-state index in [1.807, 2.05) is 0 Å². The zero-order valence-electron chi connectivity index (χ0n) is 28.0. The third-order valence-electron chi connectivity index (χ3n) is 9.11. The minimum absolute atomic E-state index is 0.0407. The molecule has 2 fully saturated rings. The molecule has 2 saturated heterocycles. The van der Waals surface area contributed by atoms with Crippen molar-refractivity contribution < 1.29 is 36.3 Å². The number of carboxylic acid groups (broad SMARTS) is 1. The molecule has 13 nitrogen and oxygen atoms in total. The highest BCUT2D eigenvalue weighted by Crippen LogP contribution is 2.38. The number of unbranched alkanes of at least 4 members (excludes halogenated alkanes) is 1. The summed E-state index contributed by atoms with van der Waals surface area (Å²) >= 11 is 14.3. The highest BCUT2D eigenvalue weighted by Gasteiger charge is 2.33. The van der Waals surface area contributed by atoms with E-state index in [-0.39, 0.29) is 33.5 Å². The molecule has 19 heteroatoms. The van der Waals surface area contributed by atoms with E-state index in [0.29, 0.717) is 58.9 Å². The molecule has 2 aromatic rings. The summed E-state index contributed by atoms with van der Waals surface area (Å²) in [6.45, 7) is 6.28. The third kappa shape index (κ3) is 12.1. The Morgan fingerprint density at radius 2 is 1.88 bits per heavy atom. The van der Waals surface area contributed by atoms with Crippen molar-refractivity contribution in [3.63, 3.8) is 0 Å². The fourth-order valence-corrected chi connectivity index (χ4v) is 12.9. The van der Waals surface area contributed by atoms with Gasteiger partial charge in [-0.2, -0.15) is 9.03 Å². The summed E-state index contributed by atoms with van der Waals surface area (Å²) < 4.78 is 62.0. The molecule has 3 N–H and O–H groups in total. The Labute approximate surface area is 325 Å². The molecule has 51 heavy (non-hydrogen) atoms. The van der Waals surface area contributed by atoms with Crippen LogP contribution in [0.15, 0.2) is 50.6 Å². The van der Waals surface area contributed by atoms with Crippen LogP contribution in [0.4, 0.5) is 10.6 Å². The van der Waals surface area contributed by atoms with Crippen molar-refractivity contribution in [2.75, 3.05) is 44.2 Å². The molecule has 3 unspecified atom stereocenters. The number of amides is 1. The van der Waals surface area contributed by atoms with Crippen molar-refractivity contribution in [3.8, 4) is 0 Å². The Morgan fingerprint density at radius 1 is 1.14 bits per heavy atom. The molecule has 3 atom stereocenters. The number of nitrogens with one attached hydrogen (secondary N) is 2. The van der Waals surface area contributed by atoms with Crippen LogP contribution in [0, 0.1) is 11.8 Å². The van der Waals surface area contributed by atoms with Gasteiger partial charge >= 0.3 is 12.1 Å². The Balaban J connectivity index is 1.18. The first kappa shape index (κ1) is 41.9. The normalized spacial score (nSPS) is 19.8. The summed E-state index contributed by atoms with van der Waals surface area (Å²) in [5.74, 6) is 0.311. The van der Waals surface area contributed by atoms with Gasteiger partial charge in [-0.25, -0.2) is 26.6 Å². The molecule has 0 aromatic carbocycles. The van der Waals surface area contributed by atoms with Gasteiger partial charge in [-0.1, -0.05) is 53.0 Å². The molecule has 4 rings (SSSR count). The van der Waals surface area contributed by atoms with Crippen molar-refractivity contribution in [1.82, 2.24) is 19.3 Å². The molecule has 0 bridgehead atoms. The number of carbonyl (C=O) groups is 2. The topological polar surface area (TPSA) is 175 Å². The van der Waals surface area contributed by atoms with Gasteiger partial charge in [0.1, 0.15) is 23.4 Å². The number of aliphatic carboxylic acids is 1. The quantitative estimate of drug-likeness (QED) is 0.0883. The molecule has 0 spiro atoms. The Bertz CT molecular complexity index is 1710. The molecule has 4 heterocycles. The number of alkyl carbamates (subject to hydrolysis) is 1. The number of alkyl halides is 1. The lowest BCUT2D eigenvalue weighted by atomic mass is 9.87. The lowest BCUT2D eigenvalue weighted by Gasteiger charge is -2.37. The molecular formula is C32H44Br2ClN5O8S3. The zero-order chi connectivity index (χ0) is 37.2. The average molecular weight is 918 g/mol. The standard InChI is InChI=1S/C32H44Br2ClN5O8S3/c1-2-18-48-32(43)36-14-4-3-8-27(30(41)42)38-50(44,45)24-9-10-29(37-20-24)39-15-13-23(26(34)21-39)7-5-6-22-11-16-40(17-12-22)51(46,47)31-25(33)19-28(35)49-31/h2,9-10,19-20,22-23,26-27,38H,1,3-8,11-18,21H2,(H,36,43)(H,41,42). The van der Waals surface area contributed by atoms with Crippen LogP contribution in [-0.2, 0) is 29.6 Å². The number of carbonyl (C=O) groups excluding carboxylic acids is 1. The van der Waals surface area contributed by atoms with E-state index < -0.39 is 38.2 Å². The maximum absolute atomic E-state index is 13.1. The van der Waals surface area contributed by atoms with E-state index in [1.54, 1.807) is 16.4 Å². The van der Waals surface area contributed by atoms with Crippen molar-refractivity contribution in [2.24, 2.45) is 11.8 Å². The van der Waals surface area contributed by atoms with Crippen LogP contribution in [0.25, 0.3) is 0 Å². The molecular weight excluding hydrogens is 874 g/mol. The Morgan fingerprint density at radius 3 is 2.49 bits per heavy atom. The molecule has 284 valence electrons. The molecule has 0 aliphatic carbocycles. The maximum Gasteiger partial charge on any atom is 0.407 e. The molecule has 2 aliphatic rings.